The van der Waals surface area contributed by atoms with E-state index < -0.39 is 0 Å². The molecule has 0 saturated carbocycles. The molecule has 1 fully saturated rings. The van der Waals surface area contributed by atoms with Crippen molar-refractivity contribution >= 4 is 17.4 Å². The first-order valence-corrected chi connectivity index (χ1v) is 8.51. The van der Waals surface area contributed by atoms with E-state index in [-0.39, 0.29) is 5.91 Å². The van der Waals surface area contributed by atoms with E-state index in [0.29, 0.717) is 5.56 Å². The lowest BCUT2D eigenvalue weighted by Gasteiger charge is -2.27. The van der Waals surface area contributed by atoms with Crippen molar-refractivity contribution < 1.29 is 9.53 Å². The summed E-state index contributed by atoms with van der Waals surface area (Å²) >= 11 is 0. The molecule has 1 aliphatic carbocycles. The molecule has 5 nitrogen and oxygen atoms in total. The Hall–Kier alpha value is -2.40. The van der Waals surface area contributed by atoms with Gasteiger partial charge < -0.3 is 15.0 Å². The van der Waals surface area contributed by atoms with Gasteiger partial charge in [-0.2, -0.15) is 0 Å². The Morgan fingerprint density at radius 1 is 1.08 bits per heavy atom. The summed E-state index contributed by atoms with van der Waals surface area (Å²) in [5.41, 5.74) is 4.20. The fourth-order valence-electron chi connectivity index (χ4n) is 3.35. The standard InChI is InChI=1S/C19H21N3O2/c23-19(21-17-6-4-14-2-1-3-15(14)12-17)16-5-7-18(20-13-16)22-8-10-24-11-9-22/h4-7,12-13H,1-3,8-11H2,(H,21,23). The number of nitrogens with one attached hydrogen (secondary N) is 1. The molecular formula is C19H21N3O2. The summed E-state index contributed by atoms with van der Waals surface area (Å²) in [7, 11) is 0. The number of hydrogen-bond acceptors (Lipinski definition) is 4. The molecule has 1 aliphatic heterocycles. The van der Waals surface area contributed by atoms with Gasteiger partial charge in [-0.1, -0.05) is 6.07 Å². The first-order chi connectivity index (χ1) is 11.8. The average molecular weight is 323 g/mol. The van der Waals surface area contributed by atoms with Crippen molar-refractivity contribution in [3.8, 4) is 0 Å². The summed E-state index contributed by atoms with van der Waals surface area (Å²) in [5.74, 6) is 0.779. The Kier molecular flexibility index (Phi) is 4.17. The number of anilines is 2. The largest absolute Gasteiger partial charge is 0.378 e. The molecule has 0 unspecified atom stereocenters. The molecular weight excluding hydrogens is 302 g/mol. The van der Waals surface area contributed by atoms with E-state index in [1.54, 1.807) is 6.20 Å². The van der Waals surface area contributed by atoms with Gasteiger partial charge in [-0.05, 0) is 54.7 Å². The van der Waals surface area contributed by atoms with Crippen LogP contribution >= 0.6 is 0 Å². The third kappa shape index (κ3) is 3.12. The topological polar surface area (TPSA) is 54.5 Å². The molecule has 2 aliphatic rings. The van der Waals surface area contributed by atoms with Gasteiger partial charge >= 0.3 is 0 Å². The van der Waals surface area contributed by atoms with Crippen molar-refractivity contribution in [1.29, 1.82) is 0 Å². The highest BCUT2D eigenvalue weighted by molar-refractivity contribution is 6.04. The number of fused-ring (bicyclic) bond motifs is 1. The molecule has 1 N–H and O–H groups in total. The van der Waals surface area contributed by atoms with E-state index in [4.69, 9.17) is 4.74 Å². The summed E-state index contributed by atoms with van der Waals surface area (Å²) in [5, 5.41) is 2.97. The Labute approximate surface area is 141 Å². The van der Waals surface area contributed by atoms with Gasteiger partial charge in [0.1, 0.15) is 5.82 Å². The highest BCUT2D eigenvalue weighted by atomic mass is 16.5. The average Bonchev–Trinajstić information content (AvgIpc) is 3.10. The highest BCUT2D eigenvalue weighted by Crippen LogP contribution is 2.25. The first kappa shape index (κ1) is 15.1. The number of hydrogen-bond donors (Lipinski definition) is 1. The van der Waals surface area contributed by atoms with Crippen LogP contribution in [0.4, 0.5) is 11.5 Å². The lowest BCUT2D eigenvalue weighted by Crippen LogP contribution is -2.36. The van der Waals surface area contributed by atoms with Crippen LogP contribution in [-0.4, -0.2) is 37.2 Å². The number of aryl methyl sites for hydroxylation is 2. The lowest BCUT2D eigenvalue weighted by atomic mass is 10.1. The van der Waals surface area contributed by atoms with Crippen LogP contribution < -0.4 is 10.2 Å². The van der Waals surface area contributed by atoms with Crippen molar-refractivity contribution in [2.24, 2.45) is 0 Å². The zero-order valence-corrected chi connectivity index (χ0v) is 13.6. The number of amides is 1. The Balaban J connectivity index is 1.44. The number of benzene rings is 1. The number of rotatable bonds is 3. The van der Waals surface area contributed by atoms with E-state index >= 15 is 0 Å². The van der Waals surface area contributed by atoms with Gasteiger partial charge in [-0.3, -0.25) is 4.79 Å². The molecule has 1 aromatic carbocycles. The van der Waals surface area contributed by atoms with Crippen LogP contribution in [0.15, 0.2) is 36.5 Å². The number of morpholine rings is 1. The Bertz CT molecular complexity index is 737. The number of carbonyl (C=O) groups excluding carboxylic acids is 1. The van der Waals surface area contributed by atoms with Crippen molar-refractivity contribution in [2.75, 3.05) is 36.5 Å². The molecule has 0 bridgehead atoms. The monoisotopic (exact) mass is 323 g/mol. The predicted molar refractivity (Wildman–Crippen MR) is 93.7 cm³/mol. The van der Waals surface area contributed by atoms with Crippen molar-refractivity contribution in [3.05, 3.63) is 53.2 Å². The molecule has 2 aromatic rings. The zero-order valence-electron chi connectivity index (χ0n) is 13.6. The summed E-state index contributed by atoms with van der Waals surface area (Å²) < 4.78 is 5.35. The molecule has 0 atom stereocenters. The summed E-state index contributed by atoms with van der Waals surface area (Å²) in [6.07, 6.45) is 5.11. The number of pyridine rings is 1. The SMILES string of the molecule is O=C(Nc1ccc2c(c1)CCC2)c1ccc(N2CCOCC2)nc1. The molecule has 1 saturated heterocycles. The number of aromatic nitrogens is 1. The maximum Gasteiger partial charge on any atom is 0.257 e. The predicted octanol–water partition coefficient (Wildman–Crippen LogP) is 2.66. The lowest BCUT2D eigenvalue weighted by molar-refractivity contribution is 0.102. The Morgan fingerprint density at radius 3 is 2.71 bits per heavy atom. The third-order valence-corrected chi connectivity index (χ3v) is 4.70. The fraction of sp³-hybridized carbons (Fsp3) is 0.368. The van der Waals surface area contributed by atoms with Gasteiger partial charge in [0.15, 0.2) is 0 Å². The maximum absolute atomic E-state index is 12.4. The quantitative estimate of drug-likeness (QED) is 0.943. The molecule has 2 heterocycles. The molecule has 5 heteroatoms. The number of ether oxygens (including phenoxy) is 1. The second kappa shape index (κ2) is 6.61. The van der Waals surface area contributed by atoms with Crippen LogP contribution in [0.1, 0.15) is 27.9 Å². The van der Waals surface area contributed by atoms with Gasteiger partial charge in [0.05, 0.1) is 18.8 Å². The smallest absolute Gasteiger partial charge is 0.257 e. The minimum atomic E-state index is -0.117. The van der Waals surface area contributed by atoms with Gasteiger partial charge in [0.25, 0.3) is 5.91 Å². The van der Waals surface area contributed by atoms with E-state index in [1.165, 1.54) is 17.5 Å². The van der Waals surface area contributed by atoms with Crippen LogP contribution in [0.3, 0.4) is 0 Å². The van der Waals surface area contributed by atoms with Crippen LogP contribution in [0.5, 0.6) is 0 Å². The first-order valence-electron chi connectivity index (χ1n) is 8.51. The van der Waals surface area contributed by atoms with Crippen LogP contribution in [0.2, 0.25) is 0 Å². The van der Waals surface area contributed by atoms with E-state index in [2.05, 4.69) is 27.3 Å². The minimum absolute atomic E-state index is 0.117. The normalized spacial score (nSPS) is 16.8. The number of nitrogens with zero attached hydrogens (tertiary/aromatic N) is 2. The number of carbonyl (C=O) groups is 1. The van der Waals surface area contributed by atoms with E-state index in [9.17, 15) is 4.79 Å². The second-order valence-electron chi connectivity index (χ2n) is 6.30. The Morgan fingerprint density at radius 2 is 1.92 bits per heavy atom. The summed E-state index contributed by atoms with van der Waals surface area (Å²) in [4.78, 5) is 19.0. The fourth-order valence-corrected chi connectivity index (χ4v) is 3.35. The van der Waals surface area contributed by atoms with Gasteiger partial charge in [-0.15, -0.1) is 0 Å². The van der Waals surface area contributed by atoms with Gasteiger partial charge in [0.2, 0.25) is 0 Å². The zero-order chi connectivity index (χ0) is 16.4. The molecule has 24 heavy (non-hydrogen) atoms. The van der Waals surface area contributed by atoms with Crippen LogP contribution in [0, 0.1) is 0 Å². The minimum Gasteiger partial charge on any atom is -0.378 e. The van der Waals surface area contributed by atoms with E-state index in [1.807, 2.05) is 18.2 Å². The molecule has 124 valence electrons. The van der Waals surface area contributed by atoms with Gasteiger partial charge in [0, 0.05) is 25.0 Å². The van der Waals surface area contributed by atoms with Gasteiger partial charge in [-0.25, -0.2) is 4.98 Å². The molecule has 1 aromatic heterocycles. The highest BCUT2D eigenvalue weighted by Gasteiger charge is 2.15. The molecule has 4 rings (SSSR count). The summed E-state index contributed by atoms with van der Waals surface area (Å²) in [6.45, 7) is 3.13. The second-order valence-corrected chi connectivity index (χ2v) is 6.30. The molecule has 0 spiro atoms. The third-order valence-electron chi connectivity index (χ3n) is 4.70. The maximum atomic E-state index is 12.4. The molecule has 0 radical (unpaired) electrons. The van der Waals surface area contributed by atoms with Crippen molar-refractivity contribution in [2.45, 2.75) is 19.3 Å². The molecule has 1 amide bonds. The summed E-state index contributed by atoms with van der Waals surface area (Å²) in [6, 6.07) is 9.94. The van der Waals surface area contributed by atoms with E-state index in [0.717, 1.165) is 50.7 Å². The van der Waals surface area contributed by atoms with Crippen molar-refractivity contribution in [1.82, 2.24) is 4.98 Å². The van der Waals surface area contributed by atoms with Crippen LogP contribution in [0.25, 0.3) is 0 Å². The van der Waals surface area contributed by atoms with Crippen LogP contribution in [-0.2, 0) is 17.6 Å². The van der Waals surface area contributed by atoms with Crippen molar-refractivity contribution in [3.63, 3.8) is 0 Å².